The molecule has 1 aromatic carbocycles. The number of fused-ring (bicyclic) bond motifs is 2. The van der Waals surface area contributed by atoms with E-state index in [1.54, 1.807) is 22.7 Å². The molecule has 0 fully saturated rings. The number of nitrogens with zero attached hydrogens (tertiary/aromatic N) is 3. The highest BCUT2D eigenvalue weighted by atomic mass is 32.1. The van der Waals surface area contributed by atoms with Gasteiger partial charge in [0.15, 0.2) is 0 Å². The van der Waals surface area contributed by atoms with Crippen LogP contribution in [0.4, 0.5) is 0 Å². The fraction of sp³-hybridized carbons (Fsp3) is 0. The summed E-state index contributed by atoms with van der Waals surface area (Å²) in [5.41, 5.74) is 7.99. The monoisotopic (exact) mass is 269 g/mol. The molecule has 0 saturated carbocycles. The van der Waals surface area contributed by atoms with Crippen LogP contribution in [0.5, 0.6) is 0 Å². The van der Waals surface area contributed by atoms with Crippen LogP contribution < -0.4 is 0 Å². The molecule has 0 atom stereocenters. The number of hydrogen-bond acceptors (Lipinski definition) is 5. The lowest BCUT2D eigenvalue weighted by Crippen LogP contribution is -1.82. The van der Waals surface area contributed by atoms with Gasteiger partial charge in [-0.2, -0.15) is 0 Å². The zero-order valence-electron chi connectivity index (χ0n) is 9.20. The van der Waals surface area contributed by atoms with Crippen LogP contribution in [0.1, 0.15) is 0 Å². The van der Waals surface area contributed by atoms with Crippen molar-refractivity contribution in [3.63, 3.8) is 0 Å². The molecule has 0 N–H and O–H groups in total. The zero-order chi connectivity index (χ0) is 11.9. The Bertz CT molecular complexity index is 847. The lowest BCUT2D eigenvalue weighted by Gasteiger charge is -2.02. The van der Waals surface area contributed by atoms with E-state index >= 15 is 0 Å². The quantitative estimate of drug-likeness (QED) is 0.525. The summed E-state index contributed by atoms with van der Waals surface area (Å²) >= 11 is 3.23. The third-order valence-electron chi connectivity index (χ3n) is 2.88. The largest absolute Gasteiger partial charge is 0.245 e. The summed E-state index contributed by atoms with van der Waals surface area (Å²) in [5.74, 6) is 0. The summed E-state index contributed by atoms with van der Waals surface area (Å²) in [5, 5.41) is 0. The molecular weight excluding hydrogens is 262 g/mol. The third-order valence-corrected chi connectivity index (χ3v) is 4.42. The first-order valence-electron chi connectivity index (χ1n) is 5.44. The molecule has 3 aromatic heterocycles. The molecule has 3 nitrogen and oxygen atoms in total. The van der Waals surface area contributed by atoms with Crippen molar-refractivity contribution in [2.45, 2.75) is 0 Å². The van der Waals surface area contributed by atoms with Gasteiger partial charge in [-0.05, 0) is 23.8 Å². The van der Waals surface area contributed by atoms with E-state index in [9.17, 15) is 0 Å². The van der Waals surface area contributed by atoms with E-state index < -0.39 is 0 Å². The van der Waals surface area contributed by atoms with Crippen LogP contribution in [-0.2, 0) is 0 Å². The van der Waals surface area contributed by atoms with Crippen LogP contribution >= 0.6 is 22.7 Å². The van der Waals surface area contributed by atoms with Crippen molar-refractivity contribution >= 4 is 43.2 Å². The van der Waals surface area contributed by atoms with Gasteiger partial charge in [-0.1, -0.05) is 6.07 Å². The molecule has 4 aromatic rings. The molecule has 0 unspecified atom stereocenters. The SMILES string of the molecule is c1cc(-c2ccc3scnc3c2)c2ncsc2n1. The van der Waals surface area contributed by atoms with Crippen molar-refractivity contribution in [1.29, 1.82) is 0 Å². The van der Waals surface area contributed by atoms with Crippen molar-refractivity contribution in [2.24, 2.45) is 0 Å². The standard InChI is InChI=1S/C13H7N3S2/c1-2-11-10(15-6-17-11)5-8(1)9-3-4-14-13-12(9)16-7-18-13/h1-7H. The van der Waals surface area contributed by atoms with E-state index in [0.29, 0.717) is 0 Å². The maximum atomic E-state index is 4.40. The Balaban J connectivity index is 2.03. The molecule has 18 heavy (non-hydrogen) atoms. The highest BCUT2D eigenvalue weighted by Gasteiger charge is 2.08. The molecule has 0 bridgehead atoms. The predicted molar refractivity (Wildman–Crippen MR) is 76.0 cm³/mol. The lowest BCUT2D eigenvalue weighted by atomic mass is 10.1. The number of pyridine rings is 1. The van der Waals surface area contributed by atoms with Gasteiger partial charge in [-0.3, -0.25) is 0 Å². The molecule has 0 saturated heterocycles. The first-order chi connectivity index (χ1) is 8.92. The van der Waals surface area contributed by atoms with Crippen LogP contribution in [0.25, 0.3) is 31.7 Å². The van der Waals surface area contributed by atoms with E-state index in [1.165, 1.54) is 4.70 Å². The fourth-order valence-corrected chi connectivity index (χ4v) is 3.35. The van der Waals surface area contributed by atoms with E-state index in [-0.39, 0.29) is 0 Å². The van der Waals surface area contributed by atoms with Gasteiger partial charge in [0.25, 0.3) is 0 Å². The van der Waals surface area contributed by atoms with Gasteiger partial charge in [0.2, 0.25) is 0 Å². The van der Waals surface area contributed by atoms with E-state index in [1.807, 2.05) is 23.3 Å². The van der Waals surface area contributed by atoms with E-state index in [4.69, 9.17) is 0 Å². The van der Waals surface area contributed by atoms with E-state index in [2.05, 4.69) is 33.2 Å². The number of benzene rings is 1. The van der Waals surface area contributed by atoms with E-state index in [0.717, 1.165) is 27.0 Å². The van der Waals surface area contributed by atoms with Crippen LogP contribution in [0.3, 0.4) is 0 Å². The molecule has 0 radical (unpaired) electrons. The molecular formula is C13H7N3S2. The van der Waals surface area contributed by atoms with Gasteiger partial charge in [-0.15, -0.1) is 22.7 Å². The molecule has 0 aliphatic heterocycles. The highest BCUT2D eigenvalue weighted by molar-refractivity contribution is 7.16. The number of thiazole rings is 2. The van der Waals surface area contributed by atoms with Crippen LogP contribution in [0.15, 0.2) is 41.5 Å². The summed E-state index contributed by atoms with van der Waals surface area (Å²) in [7, 11) is 0. The number of aromatic nitrogens is 3. The van der Waals surface area contributed by atoms with Crippen molar-refractivity contribution in [3.05, 3.63) is 41.5 Å². The second-order valence-electron chi connectivity index (χ2n) is 3.90. The predicted octanol–water partition coefficient (Wildman–Crippen LogP) is 3.97. The summed E-state index contributed by atoms with van der Waals surface area (Å²) in [4.78, 5) is 14.1. The van der Waals surface area contributed by atoms with Gasteiger partial charge in [0.05, 0.1) is 21.2 Å². The fourth-order valence-electron chi connectivity index (χ4n) is 2.03. The van der Waals surface area contributed by atoms with Gasteiger partial charge in [0.1, 0.15) is 10.3 Å². The normalized spacial score (nSPS) is 11.3. The van der Waals surface area contributed by atoms with Crippen molar-refractivity contribution in [1.82, 2.24) is 15.0 Å². The Morgan fingerprint density at radius 1 is 0.889 bits per heavy atom. The summed E-state index contributed by atoms with van der Waals surface area (Å²) in [6.45, 7) is 0. The lowest BCUT2D eigenvalue weighted by molar-refractivity contribution is 1.40. The summed E-state index contributed by atoms with van der Waals surface area (Å²) < 4.78 is 1.21. The molecule has 0 amide bonds. The maximum Gasteiger partial charge on any atom is 0.143 e. The van der Waals surface area contributed by atoms with Gasteiger partial charge in [0, 0.05) is 11.8 Å². The number of rotatable bonds is 1. The smallest absolute Gasteiger partial charge is 0.143 e. The summed E-state index contributed by atoms with van der Waals surface area (Å²) in [6.07, 6.45) is 1.83. The topological polar surface area (TPSA) is 38.7 Å². The Labute approximate surface area is 111 Å². The molecule has 3 heterocycles. The average molecular weight is 269 g/mol. The highest BCUT2D eigenvalue weighted by Crippen LogP contribution is 2.30. The first kappa shape index (κ1) is 10.1. The Morgan fingerprint density at radius 3 is 2.83 bits per heavy atom. The van der Waals surface area contributed by atoms with Crippen molar-refractivity contribution in [3.8, 4) is 11.1 Å². The van der Waals surface area contributed by atoms with Gasteiger partial charge >= 0.3 is 0 Å². The molecule has 86 valence electrons. The first-order valence-corrected chi connectivity index (χ1v) is 7.19. The summed E-state index contributed by atoms with van der Waals surface area (Å²) in [6, 6.07) is 8.35. The average Bonchev–Trinajstić information content (AvgIpc) is 3.05. The Hall–Kier alpha value is -1.85. The second kappa shape index (κ2) is 3.83. The van der Waals surface area contributed by atoms with Gasteiger partial charge in [-0.25, -0.2) is 15.0 Å². The van der Waals surface area contributed by atoms with Crippen molar-refractivity contribution < 1.29 is 0 Å². The molecule has 0 aliphatic rings. The Kier molecular flexibility index (Phi) is 2.15. The molecule has 4 rings (SSSR count). The van der Waals surface area contributed by atoms with Crippen LogP contribution in [0.2, 0.25) is 0 Å². The zero-order valence-corrected chi connectivity index (χ0v) is 10.8. The second-order valence-corrected chi connectivity index (χ2v) is 5.62. The Morgan fingerprint density at radius 2 is 1.83 bits per heavy atom. The van der Waals surface area contributed by atoms with Crippen molar-refractivity contribution in [2.75, 3.05) is 0 Å². The van der Waals surface area contributed by atoms with Gasteiger partial charge < -0.3 is 0 Å². The van der Waals surface area contributed by atoms with Crippen LogP contribution in [-0.4, -0.2) is 15.0 Å². The maximum absolute atomic E-state index is 4.40. The molecule has 5 heteroatoms. The molecule has 0 spiro atoms. The van der Waals surface area contributed by atoms with Crippen LogP contribution in [0, 0.1) is 0 Å². The molecule has 0 aliphatic carbocycles. The minimum absolute atomic E-state index is 0.970. The number of hydrogen-bond donors (Lipinski definition) is 0. The minimum atomic E-state index is 0.970. The minimum Gasteiger partial charge on any atom is -0.245 e. The third kappa shape index (κ3) is 1.45.